The highest BCUT2D eigenvalue weighted by atomic mass is 32.2. The predicted molar refractivity (Wildman–Crippen MR) is 136 cm³/mol. The zero-order chi connectivity index (χ0) is 24.8. The van der Waals surface area contributed by atoms with Crippen molar-refractivity contribution < 1.29 is 22.1 Å². The molecule has 0 saturated carbocycles. The van der Waals surface area contributed by atoms with Gasteiger partial charge in [0, 0.05) is 21.4 Å². The summed E-state index contributed by atoms with van der Waals surface area (Å²) in [7, 11) is -2.45. The second-order valence-electron chi connectivity index (χ2n) is 8.42. The molecule has 0 saturated heterocycles. The van der Waals surface area contributed by atoms with E-state index in [0.29, 0.717) is 32.5 Å². The van der Waals surface area contributed by atoms with Crippen LogP contribution >= 0.6 is 11.3 Å². The van der Waals surface area contributed by atoms with Crippen LogP contribution in [0.3, 0.4) is 0 Å². The summed E-state index contributed by atoms with van der Waals surface area (Å²) in [6.07, 6.45) is 0. The molecule has 0 radical (unpaired) electrons. The van der Waals surface area contributed by atoms with Gasteiger partial charge in [0.05, 0.1) is 11.8 Å². The Kier molecular flexibility index (Phi) is 6.27. The minimum Gasteiger partial charge on any atom is -0.496 e. The lowest BCUT2D eigenvalue weighted by molar-refractivity contribution is 0.103. The molecular weight excluding hydrogens is 468 g/mol. The summed E-state index contributed by atoms with van der Waals surface area (Å²) < 4.78 is 37.7. The van der Waals surface area contributed by atoms with Gasteiger partial charge < -0.3 is 8.92 Å². The van der Waals surface area contributed by atoms with Crippen molar-refractivity contribution in [3.05, 3.63) is 86.8 Å². The number of aryl methyl sites for hydroxylation is 4. The predicted octanol–water partition coefficient (Wildman–Crippen LogP) is 6.45. The van der Waals surface area contributed by atoms with Gasteiger partial charge in [0.15, 0.2) is 11.5 Å². The average molecular weight is 495 g/mol. The van der Waals surface area contributed by atoms with Crippen LogP contribution in [0, 0.1) is 34.6 Å². The number of thiophene rings is 1. The number of benzene rings is 3. The molecule has 0 fully saturated rings. The molecule has 1 heterocycles. The lowest BCUT2D eigenvalue weighted by Crippen LogP contribution is -2.10. The van der Waals surface area contributed by atoms with Gasteiger partial charge in [0.25, 0.3) is 0 Å². The fraction of sp³-hybridized carbons (Fsp3) is 0.222. The van der Waals surface area contributed by atoms with Crippen molar-refractivity contribution in [1.29, 1.82) is 0 Å². The van der Waals surface area contributed by atoms with E-state index in [4.69, 9.17) is 8.92 Å². The molecule has 0 amide bonds. The van der Waals surface area contributed by atoms with Crippen molar-refractivity contribution in [3.8, 4) is 11.5 Å². The monoisotopic (exact) mass is 494 g/mol. The molecule has 0 aliphatic carbocycles. The Balaban J connectivity index is 1.83. The molecule has 176 valence electrons. The summed E-state index contributed by atoms with van der Waals surface area (Å²) in [5.41, 5.74) is 4.65. The van der Waals surface area contributed by atoms with E-state index < -0.39 is 10.1 Å². The third-order valence-corrected chi connectivity index (χ3v) is 8.37. The normalized spacial score (nSPS) is 11.6. The highest BCUT2D eigenvalue weighted by molar-refractivity contribution is 7.87. The molecule has 4 aromatic rings. The van der Waals surface area contributed by atoms with Gasteiger partial charge in [-0.2, -0.15) is 8.42 Å². The van der Waals surface area contributed by atoms with Crippen molar-refractivity contribution in [2.75, 3.05) is 7.11 Å². The Labute approximate surface area is 204 Å². The molecule has 0 aliphatic rings. The Morgan fingerprint density at radius 3 is 2.21 bits per heavy atom. The number of hydrogen-bond acceptors (Lipinski definition) is 6. The highest BCUT2D eigenvalue weighted by Crippen LogP contribution is 2.41. The van der Waals surface area contributed by atoms with Crippen LogP contribution in [-0.2, 0) is 10.1 Å². The molecular formula is C27H26O5S2. The zero-order valence-electron chi connectivity index (χ0n) is 20.0. The largest absolute Gasteiger partial charge is 0.496 e. The number of ether oxygens (including phenoxy) is 1. The van der Waals surface area contributed by atoms with E-state index in [9.17, 15) is 13.2 Å². The van der Waals surface area contributed by atoms with E-state index in [1.165, 1.54) is 23.5 Å². The van der Waals surface area contributed by atoms with Gasteiger partial charge in [-0.25, -0.2) is 0 Å². The Hall–Kier alpha value is -3.16. The average Bonchev–Trinajstić information content (AvgIpc) is 3.13. The third-order valence-electron chi connectivity index (χ3n) is 6.02. The van der Waals surface area contributed by atoms with Crippen LogP contribution in [0.5, 0.6) is 11.5 Å². The number of rotatable bonds is 6. The molecule has 0 atom stereocenters. The van der Waals surface area contributed by atoms with Gasteiger partial charge in [0.1, 0.15) is 10.6 Å². The van der Waals surface area contributed by atoms with E-state index >= 15 is 0 Å². The first-order valence-electron chi connectivity index (χ1n) is 10.8. The van der Waals surface area contributed by atoms with Gasteiger partial charge in [-0.3, -0.25) is 4.79 Å². The fourth-order valence-electron chi connectivity index (χ4n) is 3.92. The summed E-state index contributed by atoms with van der Waals surface area (Å²) in [5, 5.41) is 0.671. The molecule has 0 unspecified atom stereocenters. The Morgan fingerprint density at radius 1 is 0.882 bits per heavy atom. The molecule has 0 spiro atoms. The van der Waals surface area contributed by atoms with Gasteiger partial charge in [-0.1, -0.05) is 29.8 Å². The molecule has 34 heavy (non-hydrogen) atoms. The molecule has 3 aromatic carbocycles. The molecule has 1 aromatic heterocycles. The first kappa shape index (κ1) is 24.0. The summed E-state index contributed by atoms with van der Waals surface area (Å²) in [5.74, 6) is 0.772. The number of hydrogen-bond donors (Lipinski definition) is 0. The maximum atomic E-state index is 13.6. The van der Waals surface area contributed by atoms with Crippen LogP contribution in [0.2, 0.25) is 0 Å². The quantitative estimate of drug-likeness (QED) is 0.228. The van der Waals surface area contributed by atoms with Gasteiger partial charge in [-0.05, 0) is 75.6 Å². The Morgan fingerprint density at radius 2 is 1.56 bits per heavy atom. The van der Waals surface area contributed by atoms with E-state index in [-0.39, 0.29) is 16.4 Å². The second kappa shape index (κ2) is 8.89. The standard InChI is InChI=1S/C27H26O5S2/c1-15-7-10-21(11-8-15)34(29,30)32-26-16(2)9-12-22-24(19(5)33-27(22)26)25(28)20-13-17(3)18(4)23(14-20)31-6/h7-14H,1-6H3. The summed E-state index contributed by atoms with van der Waals surface area (Å²) >= 11 is 1.36. The Bertz CT molecular complexity index is 1530. The van der Waals surface area contributed by atoms with E-state index in [0.717, 1.165) is 21.6 Å². The summed E-state index contributed by atoms with van der Waals surface area (Å²) in [4.78, 5) is 14.5. The maximum Gasteiger partial charge on any atom is 0.339 e. The summed E-state index contributed by atoms with van der Waals surface area (Å²) in [6, 6.07) is 13.8. The molecule has 7 heteroatoms. The molecule has 0 bridgehead atoms. The van der Waals surface area contributed by atoms with Gasteiger partial charge in [0.2, 0.25) is 0 Å². The lowest BCUT2D eigenvalue weighted by Gasteiger charge is -2.12. The minimum atomic E-state index is -4.03. The van der Waals surface area contributed by atoms with Crippen LogP contribution in [-0.4, -0.2) is 21.3 Å². The molecule has 4 rings (SSSR count). The number of fused-ring (bicyclic) bond motifs is 1. The van der Waals surface area contributed by atoms with Crippen molar-refractivity contribution in [2.45, 2.75) is 39.5 Å². The first-order valence-corrected chi connectivity index (χ1v) is 13.0. The van der Waals surface area contributed by atoms with Crippen LogP contribution in [0.15, 0.2) is 53.4 Å². The van der Waals surface area contributed by atoms with Crippen molar-refractivity contribution in [1.82, 2.24) is 0 Å². The fourth-order valence-corrected chi connectivity index (χ4v) is 6.15. The van der Waals surface area contributed by atoms with E-state index in [1.54, 1.807) is 38.3 Å². The number of carbonyl (C=O) groups excluding carboxylic acids is 1. The third kappa shape index (κ3) is 4.21. The van der Waals surface area contributed by atoms with E-state index in [2.05, 4.69) is 0 Å². The lowest BCUT2D eigenvalue weighted by atomic mass is 9.96. The van der Waals surface area contributed by atoms with E-state index in [1.807, 2.05) is 39.8 Å². The summed E-state index contributed by atoms with van der Waals surface area (Å²) in [6.45, 7) is 9.45. The van der Waals surface area contributed by atoms with Gasteiger partial charge in [-0.15, -0.1) is 11.3 Å². The van der Waals surface area contributed by atoms with Crippen molar-refractivity contribution >= 4 is 37.3 Å². The second-order valence-corrected chi connectivity index (χ2v) is 11.2. The number of ketones is 1. The molecule has 5 nitrogen and oxygen atoms in total. The van der Waals surface area contributed by atoms with Crippen molar-refractivity contribution in [3.63, 3.8) is 0 Å². The number of carbonyl (C=O) groups is 1. The highest BCUT2D eigenvalue weighted by Gasteiger charge is 2.25. The zero-order valence-corrected chi connectivity index (χ0v) is 21.6. The van der Waals surface area contributed by atoms with Crippen molar-refractivity contribution in [2.24, 2.45) is 0 Å². The van der Waals surface area contributed by atoms with Gasteiger partial charge >= 0.3 is 10.1 Å². The molecule has 0 N–H and O–H groups in total. The first-order chi connectivity index (χ1) is 16.0. The smallest absolute Gasteiger partial charge is 0.339 e. The maximum absolute atomic E-state index is 13.6. The number of methoxy groups -OCH3 is 1. The van der Waals surface area contributed by atoms with Crippen LogP contribution in [0.25, 0.3) is 10.1 Å². The molecule has 0 aliphatic heterocycles. The SMILES string of the molecule is COc1cc(C(=O)c2c(C)sc3c(OS(=O)(=O)c4ccc(C)cc4)c(C)ccc23)cc(C)c1C. The van der Waals surface area contributed by atoms with Crippen LogP contribution in [0.4, 0.5) is 0 Å². The minimum absolute atomic E-state index is 0.0845. The van der Waals surface area contributed by atoms with Crippen LogP contribution < -0.4 is 8.92 Å². The topological polar surface area (TPSA) is 69.7 Å². The van der Waals surface area contributed by atoms with Crippen LogP contribution in [0.1, 0.15) is 43.1 Å².